The molecule has 190 valence electrons. The van der Waals surface area contributed by atoms with Gasteiger partial charge in [-0.1, -0.05) is 37.3 Å². The molecule has 37 heavy (non-hydrogen) atoms. The van der Waals surface area contributed by atoms with E-state index in [4.69, 9.17) is 4.74 Å². The molecule has 1 aliphatic rings. The van der Waals surface area contributed by atoms with Crippen LogP contribution in [0.1, 0.15) is 49.5 Å². The summed E-state index contributed by atoms with van der Waals surface area (Å²) in [5, 5.41) is 6.65. The minimum atomic E-state index is -0.829. The zero-order valence-corrected chi connectivity index (χ0v) is 20.9. The Labute approximate surface area is 213 Å². The number of nitrogens with one attached hydrogen (secondary N) is 3. The molecule has 4 aromatic rings. The van der Waals surface area contributed by atoms with Crippen LogP contribution in [0.5, 0.6) is 0 Å². The van der Waals surface area contributed by atoms with Crippen LogP contribution in [0.2, 0.25) is 0 Å². The van der Waals surface area contributed by atoms with E-state index in [-0.39, 0.29) is 16.9 Å². The number of ether oxygens (including phenoxy) is 1. The Balaban J connectivity index is 1.49. The number of fused-ring (bicyclic) bond motifs is 2. The number of hydrogen-bond donors (Lipinski definition) is 3. The Morgan fingerprint density at radius 2 is 1.81 bits per heavy atom. The highest BCUT2D eigenvalue weighted by Gasteiger charge is 2.45. The van der Waals surface area contributed by atoms with Gasteiger partial charge in [0.2, 0.25) is 0 Å². The van der Waals surface area contributed by atoms with E-state index in [2.05, 4.69) is 15.6 Å². The van der Waals surface area contributed by atoms with Gasteiger partial charge in [-0.05, 0) is 50.4 Å². The van der Waals surface area contributed by atoms with Crippen molar-refractivity contribution in [1.29, 1.82) is 0 Å². The van der Waals surface area contributed by atoms with Crippen LogP contribution in [-0.2, 0) is 4.74 Å². The molecule has 0 saturated carbocycles. The number of para-hydroxylation sites is 1. The molecule has 2 heterocycles. The maximum Gasteiger partial charge on any atom is 0.411 e. The Morgan fingerprint density at radius 3 is 2.57 bits per heavy atom. The van der Waals surface area contributed by atoms with Gasteiger partial charge in [0.15, 0.2) is 5.78 Å². The maximum absolute atomic E-state index is 16.1. The molecule has 0 spiro atoms. The fourth-order valence-corrected chi connectivity index (χ4v) is 5.25. The highest BCUT2D eigenvalue weighted by atomic mass is 19.1. The number of carbonyl (C=O) groups excluding carboxylic acids is 2. The van der Waals surface area contributed by atoms with Crippen LogP contribution in [0.4, 0.5) is 25.0 Å². The molecule has 2 atom stereocenters. The van der Waals surface area contributed by atoms with Crippen LogP contribution in [0.15, 0.2) is 60.8 Å². The summed E-state index contributed by atoms with van der Waals surface area (Å²) in [6.45, 7) is 6.82. The Hall–Kier alpha value is -4.20. The van der Waals surface area contributed by atoms with Crippen molar-refractivity contribution in [1.82, 2.24) is 4.98 Å². The van der Waals surface area contributed by atoms with Crippen molar-refractivity contribution in [2.24, 2.45) is 0 Å². The molecule has 1 aliphatic heterocycles. The number of aromatic nitrogens is 1. The van der Waals surface area contributed by atoms with Gasteiger partial charge in [-0.2, -0.15) is 0 Å². The molecule has 2 unspecified atom stereocenters. The molecule has 1 aromatic heterocycles. The lowest BCUT2D eigenvalue weighted by molar-refractivity contribution is 0.0560. The van der Waals surface area contributed by atoms with E-state index in [1.165, 1.54) is 13.0 Å². The predicted molar refractivity (Wildman–Crippen MR) is 140 cm³/mol. The molecule has 0 fully saturated rings. The predicted octanol–water partition coefficient (Wildman–Crippen LogP) is 7.24. The lowest BCUT2D eigenvalue weighted by Gasteiger charge is -2.44. The molecule has 0 radical (unpaired) electrons. The number of halogens is 2. The van der Waals surface area contributed by atoms with Gasteiger partial charge in [0.05, 0.1) is 16.6 Å². The Bertz CT molecular complexity index is 1540. The molecular formula is C29H27F2N3O3. The first kappa shape index (κ1) is 24.5. The second kappa shape index (κ2) is 9.03. The molecule has 5 rings (SSSR count). The summed E-state index contributed by atoms with van der Waals surface area (Å²) in [5.74, 6) is -2.11. The standard InChI is InChI=1S/C29H27F2N3O3/c1-15-23-22(14-21(30)24(25(23)31)20-10-6-7-17-11-12-32-26(17)20)34-29(3,4)27(15)37-28(36)33-19-9-5-8-18(13-19)16(2)35/h5-15,27,32,34H,1-4H3,(H,33,36). The van der Waals surface area contributed by atoms with E-state index in [9.17, 15) is 9.59 Å². The largest absolute Gasteiger partial charge is 0.443 e. The zero-order chi connectivity index (χ0) is 26.5. The summed E-state index contributed by atoms with van der Waals surface area (Å²) in [6.07, 6.45) is 0.198. The van der Waals surface area contributed by atoms with Gasteiger partial charge >= 0.3 is 6.09 Å². The number of carbonyl (C=O) groups is 2. The summed E-state index contributed by atoms with van der Waals surface area (Å²) in [4.78, 5) is 27.6. The summed E-state index contributed by atoms with van der Waals surface area (Å²) in [5.41, 5.74) is 1.51. The fourth-order valence-electron chi connectivity index (χ4n) is 5.25. The number of amides is 1. The van der Waals surface area contributed by atoms with Crippen LogP contribution < -0.4 is 10.6 Å². The van der Waals surface area contributed by atoms with Crippen molar-refractivity contribution >= 4 is 34.2 Å². The van der Waals surface area contributed by atoms with Crippen molar-refractivity contribution < 1.29 is 23.1 Å². The van der Waals surface area contributed by atoms with E-state index >= 15 is 8.78 Å². The third kappa shape index (κ3) is 4.33. The molecule has 8 heteroatoms. The van der Waals surface area contributed by atoms with Gasteiger partial charge in [0.25, 0.3) is 0 Å². The van der Waals surface area contributed by atoms with Crippen molar-refractivity contribution in [3.8, 4) is 11.1 Å². The topological polar surface area (TPSA) is 83.2 Å². The average molecular weight is 504 g/mol. The first-order valence-electron chi connectivity index (χ1n) is 12.0. The van der Waals surface area contributed by atoms with Gasteiger partial charge in [0, 0.05) is 40.2 Å². The Morgan fingerprint density at radius 1 is 1.05 bits per heavy atom. The molecule has 3 N–H and O–H groups in total. The second-order valence-electron chi connectivity index (χ2n) is 9.98. The third-order valence-electron chi connectivity index (χ3n) is 6.94. The van der Waals surface area contributed by atoms with Crippen LogP contribution in [0.3, 0.4) is 0 Å². The third-order valence-corrected chi connectivity index (χ3v) is 6.94. The summed E-state index contributed by atoms with van der Waals surface area (Å²) >= 11 is 0. The average Bonchev–Trinajstić information content (AvgIpc) is 3.31. The summed E-state index contributed by atoms with van der Waals surface area (Å²) in [7, 11) is 0. The lowest BCUT2D eigenvalue weighted by atomic mass is 9.77. The number of ketones is 1. The molecule has 6 nitrogen and oxygen atoms in total. The monoisotopic (exact) mass is 503 g/mol. The lowest BCUT2D eigenvalue weighted by Crippen LogP contribution is -2.52. The first-order valence-corrected chi connectivity index (χ1v) is 12.0. The SMILES string of the molecule is CC(=O)c1cccc(NC(=O)OC2C(C)c3c(cc(F)c(-c4cccc5cc[nH]c45)c3F)NC2(C)C)c1. The van der Waals surface area contributed by atoms with Gasteiger partial charge in [-0.15, -0.1) is 0 Å². The number of benzene rings is 3. The molecule has 0 saturated heterocycles. The van der Waals surface area contributed by atoms with E-state index in [0.717, 1.165) is 5.39 Å². The number of aromatic amines is 1. The van der Waals surface area contributed by atoms with E-state index in [1.54, 1.807) is 49.5 Å². The molecule has 3 aromatic carbocycles. The first-order chi connectivity index (χ1) is 17.6. The van der Waals surface area contributed by atoms with Crippen molar-refractivity contribution in [3.63, 3.8) is 0 Å². The Kier molecular flexibility index (Phi) is 5.98. The van der Waals surface area contributed by atoms with Crippen molar-refractivity contribution in [2.45, 2.75) is 45.3 Å². The van der Waals surface area contributed by atoms with Crippen molar-refractivity contribution in [3.05, 3.63) is 83.6 Å². The van der Waals surface area contributed by atoms with E-state index < -0.39 is 35.3 Å². The quantitative estimate of drug-likeness (QED) is 0.256. The molecule has 1 amide bonds. The van der Waals surface area contributed by atoms with Gasteiger partial charge in [0.1, 0.15) is 17.7 Å². The van der Waals surface area contributed by atoms with E-state index in [0.29, 0.717) is 28.0 Å². The highest BCUT2D eigenvalue weighted by molar-refractivity contribution is 5.96. The normalized spacial score (nSPS) is 18.1. The van der Waals surface area contributed by atoms with Crippen LogP contribution in [0, 0.1) is 11.6 Å². The van der Waals surface area contributed by atoms with Crippen LogP contribution in [0.25, 0.3) is 22.0 Å². The molecule has 0 bridgehead atoms. The van der Waals surface area contributed by atoms with E-state index in [1.807, 2.05) is 26.0 Å². The zero-order valence-electron chi connectivity index (χ0n) is 20.9. The molecule has 0 aliphatic carbocycles. The smallest absolute Gasteiger partial charge is 0.411 e. The number of H-pyrrole nitrogens is 1. The maximum atomic E-state index is 16.1. The summed E-state index contributed by atoms with van der Waals surface area (Å²) in [6, 6.07) is 15.0. The van der Waals surface area contributed by atoms with Gasteiger partial charge in [-0.25, -0.2) is 13.6 Å². The minimum Gasteiger partial charge on any atom is -0.443 e. The number of hydrogen-bond acceptors (Lipinski definition) is 4. The van der Waals surface area contributed by atoms with Gasteiger partial charge in [-0.3, -0.25) is 10.1 Å². The minimum absolute atomic E-state index is 0.131. The highest BCUT2D eigenvalue weighted by Crippen LogP contribution is 2.46. The number of Topliss-reactive ketones (excluding diaryl/α,β-unsaturated/α-hetero) is 1. The van der Waals surface area contributed by atoms with Crippen LogP contribution in [-0.4, -0.2) is 28.5 Å². The second-order valence-corrected chi connectivity index (χ2v) is 9.98. The number of anilines is 2. The molecular weight excluding hydrogens is 476 g/mol. The van der Waals surface area contributed by atoms with Crippen LogP contribution >= 0.6 is 0 Å². The summed E-state index contributed by atoms with van der Waals surface area (Å²) < 4.78 is 37.3. The van der Waals surface area contributed by atoms with Crippen molar-refractivity contribution in [2.75, 3.05) is 10.6 Å². The number of rotatable bonds is 4. The van der Waals surface area contributed by atoms with Gasteiger partial charge < -0.3 is 15.0 Å². The fraction of sp³-hybridized carbons (Fsp3) is 0.241.